The predicted octanol–water partition coefficient (Wildman–Crippen LogP) is 2.76. The van der Waals surface area contributed by atoms with Crippen molar-refractivity contribution in [2.45, 2.75) is 20.8 Å². The molecule has 1 aromatic rings. The minimum Gasteiger partial charge on any atom is -0.487 e. The minimum absolute atomic E-state index is 0.0144. The van der Waals surface area contributed by atoms with Crippen LogP contribution in [0.3, 0.4) is 0 Å². The van der Waals surface area contributed by atoms with E-state index in [0.717, 1.165) is 0 Å². The Labute approximate surface area is 123 Å². The highest BCUT2D eigenvalue weighted by Crippen LogP contribution is 2.30. The van der Waals surface area contributed by atoms with Gasteiger partial charge in [-0.15, -0.1) is 0 Å². The molecule has 0 aliphatic carbocycles. The van der Waals surface area contributed by atoms with Gasteiger partial charge in [0.25, 0.3) is 0 Å². The van der Waals surface area contributed by atoms with Gasteiger partial charge in [-0.2, -0.15) is 0 Å². The van der Waals surface area contributed by atoms with Crippen molar-refractivity contribution in [3.8, 4) is 5.75 Å². The van der Waals surface area contributed by atoms with Crippen LogP contribution in [0.1, 0.15) is 20.8 Å². The molecule has 0 aromatic heterocycles. The molecule has 7 nitrogen and oxygen atoms in total. The van der Waals surface area contributed by atoms with Gasteiger partial charge in [0, 0.05) is 24.4 Å². The Morgan fingerprint density at radius 2 is 2.14 bits per heavy atom. The molecule has 1 unspecified atom stereocenters. The zero-order valence-corrected chi connectivity index (χ0v) is 12.3. The normalized spacial score (nSPS) is 12.0. The largest absolute Gasteiger partial charge is 0.487 e. The Morgan fingerprint density at radius 3 is 2.62 bits per heavy atom. The lowest BCUT2D eigenvalue weighted by Gasteiger charge is -2.17. The Kier molecular flexibility index (Phi) is 5.95. The van der Waals surface area contributed by atoms with Crippen LogP contribution in [0.4, 0.5) is 11.4 Å². The van der Waals surface area contributed by atoms with Gasteiger partial charge in [0.05, 0.1) is 17.4 Å². The maximum atomic E-state index is 11.1. The van der Waals surface area contributed by atoms with E-state index >= 15 is 0 Å². The molecule has 0 bridgehead atoms. The van der Waals surface area contributed by atoms with Crippen LogP contribution in [-0.2, 0) is 4.79 Å². The van der Waals surface area contributed by atoms with Gasteiger partial charge < -0.3 is 15.2 Å². The number of hydrogen-bond donors (Lipinski definition) is 2. The van der Waals surface area contributed by atoms with Gasteiger partial charge in [-0.1, -0.05) is 13.8 Å². The number of anilines is 1. The molecular weight excluding hydrogens is 276 g/mol. The molecule has 1 aromatic carbocycles. The second kappa shape index (κ2) is 7.47. The Hall–Kier alpha value is -2.31. The van der Waals surface area contributed by atoms with Crippen LogP contribution in [0.5, 0.6) is 5.75 Å². The van der Waals surface area contributed by atoms with E-state index < -0.39 is 16.8 Å². The first-order chi connectivity index (χ1) is 9.86. The minimum atomic E-state index is -0.871. The Balaban J connectivity index is 2.87. The molecule has 0 radical (unpaired) electrons. The second-order valence-electron chi connectivity index (χ2n) is 4.94. The molecule has 0 aliphatic rings. The summed E-state index contributed by atoms with van der Waals surface area (Å²) in [7, 11) is 0. The molecule has 21 heavy (non-hydrogen) atoms. The fourth-order valence-corrected chi connectivity index (χ4v) is 1.88. The van der Waals surface area contributed by atoms with Crippen molar-refractivity contribution in [2.75, 3.05) is 18.5 Å². The first-order valence-corrected chi connectivity index (χ1v) is 6.74. The van der Waals surface area contributed by atoms with E-state index in [1.54, 1.807) is 13.0 Å². The number of hydrogen-bond acceptors (Lipinski definition) is 5. The number of carboxylic acids is 1. The summed E-state index contributed by atoms with van der Waals surface area (Å²) in [5.74, 6) is -1.25. The number of benzene rings is 1. The third-order valence-corrected chi connectivity index (χ3v) is 3.10. The first-order valence-electron chi connectivity index (χ1n) is 6.74. The number of nitrogens with one attached hydrogen (secondary N) is 1. The van der Waals surface area contributed by atoms with Gasteiger partial charge in [0.1, 0.15) is 0 Å². The third-order valence-electron chi connectivity index (χ3n) is 3.10. The molecule has 1 rings (SSSR count). The van der Waals surface area contributed by atoms with E-state index in [0.29, 0.717) is 12.3 Å². The van der Waals surface area contributed by atoms with E-state index in [4.69, 9.17) is 9.84 Å². The zero-order chi connectivity index (χ0) is 16.0. The summed E-state index contributed by atoms with van der Waals surface area (Å²) < 4.78 is 5.24. The quantitative estimate of drug-likeness (QED) is 0.565. The van der Waals surface area contributed by atoms with Crippen LogP contribution < -0.4 is 10.1 Å². The summed E-state index contributed by atoms with van der Waals surface area (Å²) in [6, 6.07) is 4.40. The van der Waals surface area contributed by atoms with Crippen LogP contribution in [0.15, 0.2) is 18.2 Å². The molecule has 0 aliphatic heterocycles. The van der Waals surface area contributed by atoms with Crippen molar-refractivity contribution in [2.24, 2.45) is 11.8 Å². The second-order valence-corrected chi connectivity index (χ2v) is 4.94. The van der Waals surface area contributed by atoms with E-state index in [9.17, 15) is 14.9 Å². The zero-order valence-electron chi connectivity index (χ0n) is 12.3. The van der Waals surface area contributed by atoms with E-state index in [2.05, 4.69) is 5.32 Å². The van der Waals surface area contributed by atoms with E-state index in [1.807, 2.05) is 13.8 Å². The number of nitro groups is 1. The SMILES string of the molecule is CCOc1cc(NCC(C(=O)O)C(C)C)ccc1[N+](=O)[O-]. The standard InChI is InChI=1S/C14H20N2O5/c1-4-21-13-7-10(5-6-12(13)16(19)20)15-8-11(9(2)3)14(17)18/h5-7,9,11,15H,4,8H2,1-3H3,(H,17,18). The first kappa shape index (κ1) is 16.7. The molecular formula is C14H20N2O5. The van der Waals surface area contributed by atoms with Crippen molar-refractivity contribution in [3.05, 3.63) is 28.3 Å². The highest BCUT2D eigenvalue weighted by molar-refractivity contribution is 5.71. The van der Waals surface area contributed by atoms with Gasteiger partial charge in [-0.25, -0.2) is 0 Å². The van der Waals surface area contributed by atoms with Crippen molar-refractivity contribution in [3.63, 3.8) is 0 Å². The average Bonchev–Trinajstić information content (AvgIpc) is 2.38. The topological polar surface area (TPSA) is 102 Å². The number of nitro benzene ring substituents is 1. The molecule has 0 saturated carbocycles. The van der Waals surface area contributed by atoms with Gasteiger partial charge in [0.15, 0.2) is 5.75 Å². The fraction of sp³-hybridized carbons (Fsp3) is 0.500. The molecule has 1 atom stereocenters. The fourth-order valence-electron chi connectivity index (χ4n) is 1.88. The number of rotatable bonds is 8. The average molecular weight is 296 g/mol. The summed E-state index contributed by atoms with van der Waals surface area (Å²) in [4.78, 5) is 21.5. The summed E-state index contributed by atoms with van der Waals surface area (Å²) >= 11 is 0. The van der Waals surface area contributed by atoms with E-state index in [-0.39, 0.29) is 23.9 Å². The van der Waals surface area contributed by atoms with Gasteiger partial charge >= 0.3 is 11.7 Å². The summed E-state index contributed by atoms with van der Waals surface area (Å²) in [6.45, 7) is 5.97. The highest BCUT2D eigenvalue weighted by atomic mass is 16.6. The molecule has 116 valence electrons. The lowest BCUT2D eigenvalue weighted by atomic mass is 9.96. The molecule has 7 heteroatoms. The number of nitrogens with zero attached hydrogens (tertiary/aromatic N) is 1. The molecule has 2 N–H and O–H groups in total. The lowest BCUT2D eigenvalue weighted by Crippen LogP contribution is -2.27. The Morgan fingerprint density at radius 1 is 1.48 bits per heavy atom. The number of carboxylic acid groups (broad SMARTS) is 1. The lowest BCUT2D eigenvalue weighted by molar-refractivity contribution is -0.385. The smallest absolute Gasteiger partial charge is 0.311 e. The molecule has 0 amide bonds. The Bertz CT molecular complexity index is 516. The summed E-state index contributed by atoms with van der Waals surface area (Å²) in [5.41, 5.74) is 0.483. The van der Waals surface area contributed by atoms with Gasteiger partial charge in [-0.05, 0) is 18.9 Å². The van der Waals surface area contributed by atoms with Crippen molar-refractivity contribution >= 4 is 17.3 Å². The van der Waals surface area contributed by atoms with E-state index in [1.165, 1.54) is 12.1 Å². The van der Waals surface area contributed by atoms with Crippen molar-refractivity contribution in [1.82, 2.24) is 0 Å². The van der Waals surface area contributed by atoms with Crippen LogP contribution in [0.25, 0.3) is 0 Å². The van der Waals surface area contributed by atoms with Crippen LogP contribution in [0, 0.1) is 22.0 Å². The molecule has 0 fully saturated rings. The monoisotopic (exact) mass is 296 g/mol. The van der Waals surface area contributed by atoms with Crippen LogP contribution in [-0.4, -0.2) is 29.2 Å². The van der Waals surface area contributed by atoms with Crippen LogP contribution in [0.2, 0.25) is 0 Å². The summed E-state index contributed by atoms with van der Waals surface area (Å²) in [6.07, 6.45) is 0. The summed E-state index contributed by atoms with van der Waals surface area (Å²) in [5, 5.41) is 23.0. The maximum Gasteiger partial charge on any atom is 0.311 e. The molecule has 0 heterocycles. The van der Waals surface area contributed by atoms with Crippen LogP contribution >= 0.6 is 0 Å². The van der Waals surface area contributed by atoms with Crippen molar-refractivity contribution < 1.29 is 19.6 Å². The number of carbonyl (C=O) groups is 1. The number of ether oxygens (including phenoxy) is 1. The third kappa shape index (κ3) is 4.62. The predicted molar refractivity (Wildman–Crippen MR) is 78.7 cm³/mol. The highest BCUT2D eigenvalue weighted by Gasteiger charge is 2.21. The molecule has 0 spiro atoms. The van der Waals surface area contributed by atoms with Crippen molar-refractivity contribution in [1.29, 1.82) is 0 Å². The van der Waals surface area contributed by atoms with Gasteiger partial charge in [-0.3, -0.25) is 14.9 Å². The maximum absolute atomic E-state index is 11.1. The number of aliphatic carboxylic acids is 1. The van der Waals surface area contributed by atoms with Gasteiger partial charge in [0.2, 0.25) is 0 Å². The molecule has 0 saturated heterocycles.